The van der Waals surface area contributed by atoms with Gasteiger partial charge in [0.2, 0.25) is 0 Å². The molecule has 3 nitrogen and oxygen atoms in total. The van der Waals surface area contributed by atoms with E-state index in [0.29, 0.717) is 15.1 Å². The third-order valence-electron chi connectivity index (χ3n) is 4.77. The van der Waals surface area contributed by atoms with Crippen LogP contribution in [-0.2, 0) is 12.2 Å². The standard InChI is InChI=1S/C23H19IN2OS/c1-15-7-2-3-9-18(15)14-28-23-25-20(21(24)22(27)26-23)13-17-11-6-10-16-8-4-5-12-19(16)17/h2-12H,13-14H2,1H3,(H,25,26,27). The predicted molar refractivity (Wildman–Crippen MR) is 125 cm³/mol. The zero-order valence-electron chi connectivity index (χ0n) is 15.4. The van der Waals surface area contributed by atoms with Gasteiger partial charge in [0.05, 0.1) is 5.69 Å². The Morgan fingerprint density at radius 1 is 0.964 bits per heavy atom. The maximum Gasteiger partial charge on any atom is 0.265 e. The molecule has 1 heterocycles. The molecule has 0 amide bonds. The highest BCUT2D eigenvalue weighted by Crippen LogP contribution is 2.24. The minimum Gasteiger partial charge on any atom is -0.301 e. The summed E-state index contributed by atoms with van der Waals surface area (Å²) in [6, 6.07) is 22.9. The average molecular weight is 498 g/mol. The maximum atomic E-state index is 12.5. The largest absolute Gasteiger partial charge is 0.301 e. The van der Waals surface area contributed by atoms with E-state index >= 15 is 0 Å². The molecule has 140 valence electrons. The van der Waals surface area contributed by atoms with E-state index in [9.17, 15) is 4.79 Å². The lowest BCUT2D eigenvalue weighted by atomic mass is 10.0. The van der Waals surface area contributed by atoms with E-state index < -0.39 is 0 Å². The van der Waals surface area contributed by atoms with Crippen LogP contribution < -0.4 is 5.56 Å². The number of aromatic nitrogens is 2. The first-order valence-corrected chi connectivity index (χ1v) is 11.1. The zero-order chi connectivity index (χ0) is 19.5. The van der Waals surface area contributed by atoms with Crippen LogP contribution in [0.2, 0.25) is 0 Å². The van der Waals surface area contributed by atoms with Crippen molar-refractivity contribution >= 4 is 45.1 Å². The van der Waals surface area contributed by atoms with Crippen LogP contribution >= 0.6 is 34.4 Å². The molecule has 1 N–H and O–H groups in total. The van der Waals surface area contributed by atoms with E-state index in [1.807, 2.05) is 24.3 Å². The van der Waals surface area contributed by atoms with Crippen molar-refractivity contribution in [3.8, 4) is 0 Å². The van der Waals surface area contributed by atoms with Crippen molar-refractivity contribution in [1.29, 1.82) is 0 Å². The Labute approximate surface area is 181 Å². The van der Waals surface area contributed by atoms with Gasteiger partial charge in [-0.2, -0.15) is 0 Å². The molecule has 4 rings (SSSR count). The topological polar surface area (TPSA) is 45.8 Å². The fourth-order valence-electron chi connectivity index (χ4n) is 3.21. The van der Waals surface area contributed by atoms with Crippen molar-refractivity contribution in [1.82, 2.24) is 9.97 Å². The van der Waals surface area contributed by atoms with Crippen molar-refractivity contribution in [3.63, 3.8) is 0 Å². The third kappa shape index (κ3) is 4.15. The number of hydrogen-bond donors (Lipinski definition) is 1. The highest BCUT2D eigenvalue weighted by molar-refractivity contribution is 14.1. The van der Waals surface area contributed by atoms with Gasteiger partial charge in [-0.05, 0) is 57.0 Å². The summed E-state index contributed by atoms with van der Waals surface area (Å²) in [7, 11) is 0. The average Bonchev–Trinajstić information content (AvgIpc) is 2.71. The first-order chi connectivity index (χ1) is 13.6. The first kappa shape index (κ1) is 19.2. The Morgan fingerprint density at radius 2 is 1.68 bits per heavy atom. The van der Waals surface area contributed by atoms with Gasteiger partial charge < -0.3 is 4.98 Å². The molecule has 0 aliphatic rings. The van der Waals surface area contributed by atoms with Gasteiger partial charge in [-0.1, -0.05) is 78.5 Å². The van der Waals surface area contributed by atoms with Crippen LogP contribution in [0.3, 0.4) is 0 Å². The Balaban J connectivity index is 1.64. The number of H-pyrrole nitrogens is 1. The first-order valence-electron chi connectivity index (χ1n) is 9.04. The molecule has 28 heavy (non-hydrogen) atoms. The molecule has 0 fully saturated rings. The Bertz CT molecular complexity index is 1200. The molecule has 0 unspecified atom stereocenters. The molecule has 5 heteroatoms. The highest BCUT2D eigenvalue weighted by atomic mass is 127. The Kier molecular flexibility index (Phi) is 5.82. The summed E-state index contributed by atoms with van der Waals surface area (Å²) < 4.78 is 0.658. The van der Waals surface area contributed by atoms with Crippen molar-refractivity contribution in [3.05, 3.63) is 103 Å². The van der Waals surface area contributed by atoms with Crippen molar-refractivity contribution in [2.45, 2.75) is 24.3 Å². The van der Waals surface area contributed by atoms with Crippen LogP contribution in [-0.4, -0.2) is 9.97 Å². The summed E-state index contributed by atoms with van der Waals surface area (Å²) in [5, 5.41) is 3.08. The second-order valence-electron chi connectivity index (χ2n) is 6.66. The molecule has 0 spiro atoms. The normalized spacial score (nSPS) is 11.1. The molecule has 0 atom stereocenters. The number of hydrogen-bond acceptors (Lipinski definition) is 3. The summed E-state index contributed by atoms with van der Waals surface area (Å²) in [4.78, 5) is 20.2. The smallest absolute Gasteiger partial charge is 0.265 e. The summed E-state index contributed by atoms with van der Waals surface area (Å²) in [6.45, 7) is 2.10. The molecule has 0 saturated heterocycles. The number of fused-ring (bicyclic) bond motifs is 1. The van der Waals surface area contributed by atoms with Gasteiger partial charge in [0, 0.05) is 12.2 Å². The minimum atomic E-state index is -0.0712. The van der Waals surface area contributed by atoms with E-state index in [1.54, 1.807) is 11.8 Å². The molecule has 1 aromatic heterocycles. The lowest BCUT2D eigenvalue weighted by Gasteiger charge is -2.10. The Morgan fingerprint density at radius 3 is 2.54 bits per heavy atom. The van der Waals surface area contributed by atoms with Crippen LogP contribution in [0.25, 0.3) is 10.8 Å². The maximum absolute atomic E-state index is 12.5. The number of benzene rings is 3. The summed E-state index contributed by atoms with van der Waals surface area (Å²) in [5.41, 5.74) is 4.44. The van der Waals surface area contributed by atoms with Gasteiger partial charge in [-0.25, -0.2) is 4.98 Å². The van der Waals surface area contributed by atoms with Crippen molar-refractivity contribution < 1.29 is 0 Å². The monoisotopic (exact) mass is 498 g/mol. The molecule has 0 bridgehead atoms. The minimum absolute atomic E-state index is 0.0712. The lowest BCUT2D eigenvalue weighted by molar-refractivity contribution is 0.867. The summed E-state index contributed by atoms with van der Waals surface area (Å²) >= 11 is 3.67. The van der Waals surface area contributed by atoms with Crippen molar-refractivity contribution in [2.75, 3.05) is 0 Å². The van der Waals surface area contributed by atoms with Gasteiger partial charge >= 0.3 is 0 Å². The van der Waals surface area contributed by atoms with E-state index in [4.69, 9.17) is 4.98 Å². The quantitative estimate of drug-likeness (QED) is 0.218. The van der Waals surface area contributed by atoms with Gasteiger partial charge in [0.25, 0.3) is 5.56 Å². The summed E-state index contributed by atoms with van der Waals surface area (Å²) in [6.07, 6.45) is 0.640. The van der Waals surface area contributed by atoms with Gasteiger partial charge in [0.1, 0.15) is 3.57 Å². The van der Waals surface area contributed by atoms with Crippen LogP contribution in [0, 0.1) is 10.5 Å². The van der Waals surface area contributed by atoms with Crippen LogP contribution in [0.1, 0.15) is 22.4 Å². The van der Waals surface area contributed by atoms with Gasteiger partial charge in [0.15, 0.2) is 5.16 Å². The van der Waals surface area contributed by atoms with E-state index in [1.165, 1.54) is 27.5 Å². The van der Waals surface area contributed by atoms with E-state index in [0.717, 1.165) is 11.4 Å². The fourth-order valence-corrected chi connectivity index (χ4v) is 4.62. The van der Waals surface area contributed by atoms with Crippen LogP contribution in [0.15, 0.2) is 76.7 Å². The molecule has 0 radical (unpaired) electrons. The van der Waals surface area contributed by atoms with Crippen molar-refractivity contribution in [2.24, 2.45) is 0 Å². The zero-order valence-corrected chi connectivity index (χ0v) is 18.4. The number of aryl methyl sites for hydroxylation is 1. The number of rotatable bonds is 5. The highest BCUT2D eigenvalue weighted by Gasteiger charge is 2.12. The number of thioether (sulfide) groups is 1. The molecule has 3 aromatic carbocycles. The SMILES string of the molecule is Cc1ccccc1CSc1nc(Cc2cccc3ccccc23)c(I)c(=O)[nH]1. The van der Waals surface area contributed by atoms with Crippen LogP contribution in [0.5, 0.6) is 0 Å². The van der Waals surface area contributed by atoms with E-state index in [-0.39, 0.29) is 5.56 Å². The Hall–Kier alpha value is -2.12. The molecule has 4 aromatic rings. The second-order valence-corrected chi connectivity index (χ2v) is 8.70. The lowest BCUT2D eigenvalue weighted by Crippen LogP contribution is -2.16. The molecule has 0 aliphatic carbocycles. The molecular weight excluding hydrogens is 479 g/mol. The van der Waals surface area contributed by atoms with Crippen LogP contribution in [0.4, 0.5) is 0 Å². The number of nitrogens with zero attached hydrogens (tertiary/aromatic N) is 1. The summed E-state index contributed by atoms with van der Waals surface area (Å²) in [5.74, 6) is 0.782. The van der Waals surface area contributed by atoms with E-state index in [2.05, 4.69) is 77.0 Å². The third-order valence-corrected chi connectivity index (χ3v) is 6.81. The predicted octanol–water partition coefficient (Wildman–Crippen LogP) is 5.72. The molecule has 0 saturated carbocycles. The fraction of sp³-hybridized carbons (Fsp3) is 0.130. The molecular formula is C23H19IN2OS. The van der Waals surface area contributed by atoms with Gasteiger partial charge in [-0.3, -0.25) is 4.79 Å². The number of aromatic amines is 1. The number of halogens is 1. The second kappa shape index (κ2) is 8.49. The van der Waals surface area contributed by atoms with Gasteiger partial charge in [-0.15, -0.1) is 0 Å². The molecule has 0 aliphatic heterocycles. The number of nitrogens with one attached hydrogen (secondary N) is 1.